The van der Waals surface area contributed by atoms with Crippen LogP contribution in [0.5, 0.6) is 0 Å². The quantitative estimate of drug-likeness (QED) is 0.850. The Hall–Kier alpha value is -1.86. The molecule has 0 radical (unpaired) electrons. The maximum absolute atomic E-state index is 11.9. The van der Waals surface area contributed by atoms with Gasteiger partial charge in [0.05, 0.1) is 11.3 Å². The first-order chi connectivity index (χ1) is 8.70. The van der Waals surface area contributed by atoms with E-state index in [1.807, 2.05) is 19.1 Å². The highest BCUT2D eigenvalue weighted by Gasteiger charge is 2.18. The van der Waals surface area contributed by atoms with Crippen LogP contribution < -0.4 is 10.6 Å². The predicted molar refractivity (Wildman–Crippen MR) is 70.1 cm³/mol. The van der Waals surface area contributed by atoms with Crippen LogP contribution in [0.2, 0.25) is 0 Å². The summed E-state index contributed by atoms with van der Waals surface area (Å²) in [6.45, 7) is 3.77. The van der Waals surface area contributed by atoms with Gasteiger partial charge in [-0.05, 0) is 44.0 Å². The van der Waals surface area contributed by atoms with Crippen LogP contribution in [0.15, 0.2) is 18.2 Å². The van der Waals surface area contributed by atoms with E-state index in [-0.39, 0.29) is 5.91 Å². The molecule has 0 aliphatic carbocycles. The summed E-state index contributed by atoms with van der Waals surface area (Å²) >= 11 is 0. The predicted octanol–water partition coefficient (Wildman–Crippen LogP) is 1.80. The van der Waals surface area contributed by atoms with Crippen LogP contribution in [0.3, 0.4) is 0 Å². The molecule has 1 amide bonds. The first-order valence-corrected chi connectivity index (χ1v) is 6.21. The third kappa shape index (κ3) is 2.88. The number of carbonyl (C=O) groups is 1. The highest BCUT2D eigenvalue weighted by molar-refractivity contribution is 5.92. The van der Waals surface area contributed by atoms with Gasteiger partial charge in [-0.2, -0.15) is 5.26 Å². The van der Waals surface area contributed by atoms with Gasteiger partial charge in [0.25, 0.3) is 0 Å². The highest BCUT2D eigenvalue weighted by atomic mass is 16.1. The van der Waals surface area contributed by atoms with Crippen LogP contribution in [0.25, 0.3) is 0 Å². The molecule has 1 saturated heterocycles. The summed E-state index contributed by atoms with van der Waals surface area (Å²) in [5, 5.41) is 15.2. The number of rotatable bonds is 3. The number of anilines is 1. The molecule has 0 saturated carbocycles. The number of hydrogen-bond donors (Lipinski definition) is 2. The second-order valence-electron chi connectivity index (χ2n) is 4.72. The SMILES string of the molecule is Cc1cccc(NC(=O)CC2CCNC2)c1C#N. The van der Waals surface area contributed by atoms with E-state index in [1.165, 1.54) is 0 Å². The molecule has 94 valence electrons. The van der Waals surface area contributed by atoms with E-state index in [4.69, 9.17) is 5.26 Å². The molecule has 0 aromatic heterocycles. The van der Waals surface area contributed by atoms with Crippen molar-refractivity contribution in [1.29, 1.82) is 5.26 Å². The minimum absolute atomic E-state index is 0.00852. The van der Waals surface area contributed by atoms with Crippen molar-refractivity contribution in [1.82, 2.24) is 5.32 Å². The first kappa shape index (κ1) is 12.6. The maximum Gasteiger partial charge on any atom is 0.224 e. The van der Waals surface area contributed by atoms with Gasteiger partial charge in [-0.3, -0.25) is 4.79 Å². The zero-order valence-electron chi connectivity index (χ0n) is 10.5. The lowest BCUT2D eigenvalue weighted by atomic mass is 10.0. The molecular formula is C14H17N3O. The molecule has 4 nitrogen and oxygen atoms in total. The summed E-state index contributed by atoms with van der Waals surface area (Å²) < 4.78 is 0. The topological polar surface area (TPSA) is 64.9 Å². The van der Waals surface area contributed by atoms with Crippen LogP contribution in [-0.4, -0.2) is 19.0 Å². The third-order valence-electron chi connectivity index (χ3n) is 3.30. The number of benzene rings is 1. The number of nitrogens with one attached hydrogen (secondary N) is 2. The van der Waals surface area contributed by atoms with Crippen molar-refractivity contribution in [2.24, 2.45) is 5.92 Å². The average Bonchev–Trinajstić information content (AvgIpc) is 2.82. The van der Waals surface area contributed by atoms with Gasteiger partial charge in [0, 0.05) is 6.42 Å². The Balaban J connectivity index is 2.02. The molecule has 2 rings (SSSR count). The van der Waals surface area contributed by atoms with Gasteiger partial charge in [0.2, 0.25) is 5.91 Å². The molecule has 4 heteroatoms. The molecule has 1 aromatic carbocycles. The monoisotopic (exact) mass is 243 g/mol. The Morgan fingerprint density at radius 2 is 2.44 bits per heavy atom. The van der Waals surface area contributed by atoms with Crippen molar-refractivity contribution >= 4 is 11.6 Å². The van der Waals surface area contributed by atoms with Gasteiger partial charge in [0.15, 0.2) is 0 Å². The Kier molecular flexibility index (Phi) is 3.96. The number of aryl methyl sites for hydroxylation is 1. The number of nitriles is 1. The fourth-order valence-corrected chi connectivity index (χ4v) is 2.27. The van der Waals surface area contributed by atoms with Crippen molar-refractivity contribution in [3.63, 3.8) is 0 Å². The minimum Gasteiger partial charge on any atom is -0.325 e. The number of amides is 1. The van der Waals surface area contributed by atoms with Crippen molar-refractivity contribution < 1.29 is 4.79 Å². The zero-order chi connectivity index (χ0) is 13.0. The van der Waals surface area contributed by atoms with E-state index in [2.05, 4.69) is 16.7 Å². The fourth-order valence-electron chi connectivity index (χ4n) is 2.27. The van der Waals surface area contributed by atoms with Crippen molar-refractivity contribution in [2.75, 3.05) is 18.4 Å². The molecule has 1 heterocycles. The molecule has 2 N–H and O–H groups in total. The van der Waals surface area contributed by atoms with E-state index < -0.39 is 0 Å². The van der Waals surface area contributed by atoms with E-state index in [9.17, 15) is 4.79 Å². The summed E-state index contributed by atoms with van der Waals surface area (Å²) in [7, 11) is 0. The summed E-state index contributed by atoms with van der Waals surface area (Å²) in [6, 6.07) is 7.63. The lowest BCUT2D eigenvalue weighted by Gasteiger charge is -2.11. The lowest BCUT2D eigenvalue weighted by molar-refractivity contribution is -0.116. The van der Waals surface area contributed by atoms with Gasteiger partial charge in [-0.15, -0.1) is 0 Å². The molecular weight excluding hydrogens is 226 g/mol. The van der Waals surface area contributed by atoms with Crippen molar-refractivity contribution in [2.45, 2.75) is 19.8 Å². The summed E-state index contributed by atoms with van der Waals surface area (Å²) in [5.41, 5.74) is 2.06. The molecule has 1 aliphatic heterocycles. The first-order valence-electron chi connectivity index (χ1n) is 6.21. The second-order valence-corrected chi connectivity index (χ2v) is 4.72. The van der Waals surface area contributed by atoms with Crippen LogP contribution in [0.1, 0.15) is 24.0 Å². The van der Waals surface area contributed by atoms with Crippen molar-refractivity contribution in [3.05, 3.63) is 29.3 Å². The highest BCUT2D eigenvalue weighted by Crippen LogP contribution is 2.20. The number of nitrogens with zero attached hydrogens (tertiary/aromatic N) is 1. The van der Waals surface area contributed by atoms with E-state index in [1.54, 1.807) is 6.07 Å². The average molecular weight is 243 g/mol. The molecule has 0 spiro atoms. The Labute approximate surface area is 107 Å². The summed E-state index contributed by atoms with van der Waals surface area (Å²) in [4.78, 5) is 11.9. The standard InChI is InChI=1S/C14H17N3O/c1-10-3-2-4-13(12(10)8-15)17-14(18)7-11-5-6-16-9-11/h2-4,11,16H,5-7,9H2,1H3,(H,17,18). The zero-order valence-corrected chi connectivity index (χ0v) is 10.5. The number of carbonyl (C=O) groups excluding carboxylic acids is 1. The molecule has 1 aromatic rings. The molecule has 18 heavy (non-hydrogen) atoms. The van der Waals surface area contributed by atoms with E-state index in [0.29, 0.717) is 23.6 Å². The van der Waals surface area contributed by atoms with Crippen LogP contribution >= 0.6 is 0 Å². The smallest absolute Gasteiger partial charge is 0.224 e. The Morgan fingerprint density at radius 3 is 3.11 bits per heavy atom. The largest absolute Gasteiger partial charge is 0.325 e. The molecule has 1 unspecified atom stereocenters. The molecule has 1 atom stereocenters. The van der Waals surface area contributed by atoms with Crippen LogP contribution in [0, 0.1) is 24.2 Å². The van der Waals surface area contributed by atoms with Gasteiger partial charge in [0.1, 0.15) is 6.07 Å². The van der Waals surface area contributed by atoms with Gasteiger partial charge < -0.3 is 10.6 Å². The Morgan fingerprint density at radius 1 is 1.61 bits per heavy atom. The number of hydrogen-bond acceptors (Lipinski definition) is 3. The summed E-state index contributed by atoms with van der Waals surface area (Å²) in [5.74, 6) is 0.408. The molecule has 1 fully saturated rings. The minimum atomic E-state index is -0.00852. The lowest BCUT2D eigenvalue weighted by Crippen LogP contribution is -2.19. The maximum atomic E-state index is 11.9. The fraction of sp³-hybridized carbons (Fsp3) is 0.429. The van der Waals surface area contributed by atoms with E-state index >= 15 is 0 Å². The molecule has 0 bridgehead atoms. The Bertz CT molecular complexity index is 484. The second kappa shape index (κ2) is 5.65. The third-order valence-corrected chi connectivity index (χ3v) is 3.30. The van der Waals surface area contributed by atoms with Gasteiger partial charge >= 0.3 is 0 Å². The van der Waals surface area contributed by atoms with E-state index in [0.717, 1.165) is 25.1 Å². The summed E-state index contributed by atoms with van der Waals surface area (Å²) in [6.07, 6.45) is 1.57. The van der Waals surface area contributed by atoms with Gasteiger partial charge in [-0.1, -0.05) is 12.1 Å². The molecule has 1 aliphatic rings. The normalized spacial score (nSPS) is 18.3. The van der Waals surface area contributed by atoms with Gasteiger partial charge in [-0.25, -0.2) is 0 Å². The van der Waals surface area contributed by atoms with Crippen LogP contribution in [-0.2, 0) is 4.79 Å². The van der Waals surface area contributed by atoms with Crippen LogP contribution in [0.4, 0.5) is 5.69 Å². The van der Waals surface area contributed by atoms with Crippen molar-refractivity contribution in [3.8, 4) is 6.07 Å².